The Morgan fingerprint density at radius 1 is 1.32 bits per heavy atom. The van der Waals surface area contributed by atoms with Crippen LogP contribution in [0.5, 0.6) is 0 Å². The molecule has 6 nitrogen and oxygen atoms in total. The lowest BCUT2D eigenvalue weighted by Crippen LogP contribution is -2.55. The molecule has 0 spiro atoms. The summed E-state index contributed by atoms with van der Waals surface area (Å²) in [6.07, 6.45) is 3.36. The van der Waals surface area contributed by atoms with Crippen LogP contribution in [0.15, 0.2) is 0 Å². The van der Waals surface area contributed by atoms with Crippen molar-refractivity contribution in [3.05, 3.63) is 0 Å². The Hall–Kier alpha value is -1.43. The molecule has 1 aliphatic carbocycles. The van der Waals surface area contributed by atoms with Gasteiger partial charge in [0.05, 0.1) is 0 Å². The normalized spacial score (nSPS) is 35.7. The molecule has 2 rings (SSSR count). The summed E-state index contributed by atoms with van der Waals surface area (Å²) in [6.45, 7) is 1.98. The van der Waals surface area contributed by atoms with Crippen LogP contribution in [0.1, 0.15) is 39.0 Å². The molecule has 2 aliphatic rings. The van der Waals surface area contributed by atoms with Crippen molar-refractivity contribution in [3.8, 4) is 0 Å². The maximum absolute atomic E-state index is 12.2. The molecule has 2 fully saturated rings. The van der Waals surface area contributed by atoms with Gasteiger partial charge in [-0.3, -0.25) is 19.7 Å². The zero-order chi connectivity index (χ0) is 14.0. The van der Waals surface area contributed by atoms with Gasteiger partial charge in [-0.1, -0.05) is 13.3 Å². The minimum atomic E-state index is -0.587. The SMILES string of the molecule is CC1C(N)CCCC1C(=O)NC1CCC(=O)NC1=O. The Balaban J connectivity index is 1.93. The number of carbonyl (C=O) groups excluding carboxylic acids is 3. The van der Waals surface area contributed by atoms with Gasteiger partial charge in [-0.25, -0.2) is 0 Å². The largest absolute Gasteiger partial charge is 0.344 e. The third-order valence-electron chi connectivity index (χ3n) is 4.26. The maximum Gasteiger partial charge on any atom is 0.249 e. The fourth-order valence-corrected chi connectivity index (χ4v) is 2.88. The monoisotopic (exact) mass is 267 g/mol. The Labute approximate surface area is 112 Å². The summed E-state index contributed by atoms with van der Waals surface area (Å²) in [5.41, 5.74) is 5.98. The van der Waals surface area contributed by atoms with Gasteiger partial charge in [-0.05, 0) is 25.2 Å². The summed E-state index contributed by atoms with van der Waals surface area (Å²) in [4.78, 5) is 34.9. The standard InChI is InChI=1S/C13H21N3O3/c1-7-8(3-2-4-9(7)14)12(18)15-10-5-6-11(17)16-13(10)19/h7-10H,2-6,14H2,1H3,(H,15,18)(H,16,17,19). The Bertz CT molecular complexity index is 397. The van der Waals surface area contributed by atoms with Gasteiger partial charge in [-0.2, -0.15) is 0 Å². The quantitative estimate of drug-likeness (QED) is 0.596. The zero-order valence-electron chi connectivity index (χ0n) is 11.1. The third kappa shape index (κ3) is 3.12. The summed E-state index contributed by atoms with van der Waals surface area (Å²) in [7, 11) is 0. The molecule has 106 valence electrons. The van der Waals surface area contributed by atoms with E-state index in [1.807, 2.05) is 6.92 Å². The van der Waals surface area contributed by atoms with Gasteiger partial charge < -0.3 is 11.1 Å². The fraction of sp³-hybridized carbons (Fsp3) is 0.769. The van der Waals surface area contributed by atoms with Crippen LogP contribution in [-0.4, -0.2) is 29.8 Å². The molecule has 19 heavy (non-hydrogen) atoms. The number of imide groups is 1. The number of hydrogen-bond donors (Lipinski definition) is 3. The van der Waals surface area contributed by atoms with E-state index in [2.05, 4.69) is 10.6 Å². The Morgan fingerprint density at radius 2 is 2.05 bits per heavy atom. The molecule has 4 unspecified atom stereocenters. The molecule has 1 saturated heterocycles. The molecule has 0 aromatic carbocycles. The van der Waals surface area contributed by atoms with Crippen molar-refractivity contribution in [3.63, 3.8) is 0 Å². The highest BCUT2D eigenvalue weighted by atomic mass is 16.2. The zero-order valence-corrected chi connectivity index (χ0v) is 11.1. The first-order valence-electron chi connectivity index (χ1n) is 6.88. The van der Waals surface area contributed by atoms with Crippen molar-refractivity contribution >= 4 is 17.7 Å². The first kappa shape index (κ1) is 14.0. The number of nitrogens with one attached hydrogen (secondary N) is 2. The van der Waals surface area contributed by atoms with Crippen molar-refractivity contribution in [2.75, 3.05) is 0 Å². The van der Waals surface area contributed by atoms with Crippen molar-refractivity contribution in [1.29, 1.82) is 0 Å². The molecule has 1 heterocycles. The second-order valence-corrected chi connectivity index (χ2v) is 5.57. The summed E-state index contributed by atoms with van der Waals surface area (Å²) >= 11 is 0. The van der Waals surface area contributed by atoms with Crippen LogP contribution < -0.4 is 16.4 Å². The Morgan fingerprint density at radius 3 is 2.74 bits per heavy atom. The van der Waals surface area contributed by atoms with Crippen molar-refractivity contribution in [2.45, 2.75) is 51.1 Å². The van der Waals surface area contributed by atoms with Crippen LogP contribution in [0.4, 0.5) is 0 Å². The van der Waals surface area contributed by atoms with Gasteiger partial charge in [0.2, 0.25) is 17.7 Å². The second kappa shape index (κ2) is 5.69. The van der Waals surface area contributed by atoms with Crippen molar-refractivity contribution in [2.24, 2.45) is 17.6 Å². The average Bonchev–Trinajstić information content (AvgIpc) is 2.36. The molecule has 0 bridgehead atoms. The summed E-state index contributed by atoms with van der Waals surface area (Å²) < 4.78 is 0. The van der Waals surface area contributed by atoms with E-state index >= 15 is 0 Å². The number of nitrogens with two attached hydrogens (primary N) is 1. The molecule has 4 N–H and O–H groups in total. The molecule has 6 heteroatoms. The van der Waals surface area contributed by atoms with Gasteiger partial charge in [0.15, 0.2) is 0 Å². The van der Waals surface area contributed by atoms with E-state index in [4.69, 9.17) is 5.73 Å². The van der Waals surface area contributed by atoms with Crippen LogP contribution in [0.25, 0.3) is 0 Å². The van der Waals surface area contributed by atoms with Gasteiger partial charge in [0.1, 0.15) is 6.04 Å². The predicted octanol–water partition coefficient (Wildman–Crippen LogP) is -0.329. The smallest absolute Gasteiger partial charge is 0.249 e. The fourth-order valence-electron chi connectivity index (χ4n) is 2.88. The lowest BCUT2D eigenvalue weighted by Gasteiger charge is -2.34. The molecule has 1 aliphatic heterocycles. The molecular formula is C13H21N3O3. The second-order valence-electron chi connectivity index (χ2n) is 5.57. The number of hydrogen-bond acceptors (Lipinski definition) is 4. The highest BCUT2D eigenvalue weighted by Gasteiger charge is 2.35. The van der Waals surface area contributed by atoms with Crippen molar-refractivity contribution in [1.82, 2.24) is 10.6 Å². The van der Waals surface area contributed by atoms with Gasteiger partial charge in [0.25, 0.3) is 0 Å². The number of piperidine rings is 1. The van der Waals surface area contributed by atoms with E-state index in [1.54, 1.807) is 0 Å². The maximum atomic E-state index is 12.2. The summed E-state index contributed by atoms with van der Waals surface area (Å²) in [6, 6.07) is -0.540. The lowest BCUT2D eigenvalue weighted by molar-refractivity contribution is -0.139. The predicted molar refractivity (Wildman–Crippen MR) is 68.8 cm³/mol. The minimum absolute atomic E-state index is 0.0475. The summed E-state index contributed by atoms with van der Waals surface area (Å²) in [5, 5.41) is 4.99. The molecule has 1 saturated carbocycles. The van der Waals surface area contributed by atoms with Crippen LogP contribution in [0, 0.1) is 11.8 Å². The molecule has 4 atom stereocenters. The van der Waals surface area contributed by atoms with Gasteiger partial charge in [-0.15, -0.1) is 0 Å². The van der Waals surface area contributed by atoms with Crippen molar-refractivity contribution < 1.29 is 14.4 Å². The molecule has 0 radical (unpaired) electrons. The van der Waals surface area contributed by atoms with E-state index < -0.39 is 11.9 Å². The minimum Gasteiger partial charge on any atom is -0.344 e. The van der Waals surface area contributed by atoms with Crippen LogP contribution >= 0.6 is 0 Å². The lowest BCUT2D eigenvalue weighted by atomic mass is 9.76. The molecule has 0 aromatic rings. The number of rotatable bonds is 2. The van der Waals surface area contributed by atoms with E-state index in [-0.39, 0.29) is 36.1 Å². The van der Waals surface area contributed by atoms with E-state index in [0.29, 0.717) is 6.42 Å². The molecular weight excluding hydrogens is 246 g/mol. The topological polar surface area (TPSA) is 101 Å². The number of carbonyl (C=O) groups is 3. The van der Waals surface area contributed by atoms with E-state index in [9.17, 15) is 14.4 Å². The Kier molecular flexibility index (Phi) is 4.19. The highest BCUT2D eigenvalue weighted by molar-refractivity contribution is 6.01. The molecule has 0 aromatic heterocycles. The first-order chi connectivity index (χ1) is 8.99. The highest BCUT2D eigenvalue weighted by Crippen LogP contribution is 2.29. The summed E-state index contributed by atoms with van der Waals surface area (Å²) in [5.74, 6) is -0.797. The van der Waals surface area contributed by atoms with E-state index in [0.717, 1.165) is 19.3 Å². The van der Waals surface area contributed by atoms with Crippen LogP contribution in [-0.2, 0) is 14.4 Å². The average molecular weight is 267 g/mol. The van der Waals surface area contributed by atoms with E-state index in [1.165, 1.54) is 0 Å². The van der Waals surface area contributed by atoms with Gasteiger partial charge >= 0.3 is 0 Å². The van der Waals surface area contributed by atoms with Crippen LogP contribution in [0.2, 0.25) is 0 Å². The number of amides is 3. The van der Waals surface area contributed by atoms with Gasteiger partial charge in [0, 0.05) is 18.4 Å². The third-order valence-corrected chi connectivity index (χ3v) is 4.26. The first-order valence-corrected chi connectivity index (χ1v) is 6.88. The molecule has 3 amide bonds. The van der Waals surface area contributed by atoms with Crippen LogP contribution in [0.3, 0.4) is 0 Å².